The normalized spacial score (nSPS) is 16.1. The molecule has 1 unspecified atom stereocenters. The molecular formula is C23H34N4O2S. The summed E-state index contributed by atoms with van der Waals surface area (Å²) in [7, 11) is 0. The van der Waals surface area contributed by atoms with Crippen LogP contribution in [0.25, 0.3) is 0 Å². The maximum Gasteiger partial charge on any atom is 0.230 e. The first-order chi connectivity index (χ1) is 14.5. The van der Waals surface area contributed by atoms with Crippen LogP contribution < -0.4 is 10.1 Å². The van der Waals surface area contributed by atoms with Crippen LogP contribution in [0, 0.1) is 13.8 Å². The van der Waals surface area contributed by atoms with Gasteiger partial charge in [0, 0.05) is 12.6 Å². The van der Waals surface area contributed by atoms with E-state index in [1.165, 1.54) is 43.0 Å². The molecule has 3 rings (SSSR count). The van der Waals surface area contributed by atoms with E-state index in [9.17, 15) is 4.79 Å². The van der Waals surface area contributed by atoms with Crippen LogP contribution in [-0.4, -0.2) is 32.5 Å². The zero-order chi connectivity index (χ0) is 21.5. The minimum atomic E-state index is -0.230. The van der Waals surface area contributed by atoms with Crippen molar-refractivity contribution in [3.63, 3.8) is 0 Å². The van der Waals surface area contributed by atoms with Crippen LogP contribution in [0.4, 0.5) is 0 Å². The summed E-state index contributed by atoms with van der Waals surface area (Å²) in [6.45, 7) is 8.93. The van der Waals surface area contributed by atoms with Gasteiger partial charge in [-0.2, -0.15) is 0 Å². The predicted octanol–water partition coefficient (Wildman–Crippen LogP) is 4.99. The van der Waals surface area contributed by atoms with Crippen molar-refractivity contribution < 1.29 is 9.53 Å². The number of hydrogen-bond acceptors (Lipinski definition) is 5. The predicted molar refractivity (Wildman–Crippen MR) is 121 cm³/mol. The van der Waals surface area contributed by atoms with Gasteiger partial charge in [0.25, 0.3) is 0 Å². The summed E-state index contributed by atoms with van der Waals surface area (Å²) in [6.07, 6.45) is 6.95. The van der Waals surface area contributed by atoms with Crippen molar-refractivity contribution in [1.82, 2.24) is 20.1 Å². The van der Waals surface area contributed by atoms with E-state index in [1.54, 1.807) is 0 Å². The lowest BCUT2D eigenvalue weighted by Crippen LogP contribution is -2.35. The first-order valence-corrected chi connectivity index (χ1v) is 12.1. The van der Waals surface area contributed by atoms with Crippen LogP contribution in [0.5, 0.6) is 5.75 Å². The zero-order valence-corrected chi connectivity index (χ0v) is 19.4. The molecule has 1 atom stereocenters. The minimum absolute atomic E-state index is 0.0822. The van der Waals surface area contributed by atoms with E-state index in [4.69, 9.17) is 4.74 Å². The second kappa shape index (κ2) is 10.8. The molecule has 6 nitrogen and oxygen atoms in total. The van der Waals surface area contributed by atoms with Crippen molar-refractivity contribution in [2.75, 3.05) is 5.75 Å². The van der Waals surface area contributed by atoms with Crippen molar-refractivity contribution in [1.29, 1.82) is 0 Å². The molecule has 30 heavy (non-hydrogen) atoms. The van der Waals surface area contributed by atoms with E-state index in [0.717, 1.165) is 41.7 Å². The fourth-order valence-electron chi connectivity index (χ4n) is 3.92. The van der Waals surface area contributed by atoms with Crippen molar-refractivity contribution in [3.05, 3.63) is 35.2 Å². The fourth-order valence-corrected chi connectivity index (χ4v) is 4.74. The van der Waals surface area contributed by atoms with E-state index in [0.29, 0.717) is 11.8 Å². The Hall–Kier alpha value is -2.02. The highest BCUT2D eigenvalue weighted by Gasteiger charge is 2.21. The topological polar surface area (TPSA) is 69.0 Å². The zero-order valence-electron chi connectivity index (χ0n) is 18.6. The van der Waals surface area contributed by atoms with E-state index in [-0.39, 0.29) is 12.0 Å². The molecule has 0 aliphatic heterocycles. The molecule has 1 aliphatic rings. The standard InChI is InChI=1S/C23H34N4O2S/c1-5-27-22(18(4)29-20-14-10-11-16(2)17(20)3)25-26-23(27)30-15-21(28)24-19-12-8-6-7-9-13-19/h10-11,14,18-19H,5-9,12-13,15H2,1-4H3,(H,24,28). The van der Waals surface area contributed by atoms with Crippen molar-refractivity contribution in [2.24, 2.45) is 0 Å². The Bertz CT molecular complexity index is 844. The number of nitrogens with one attached hydrogen (secondary N) is 1. The van der Waals surface area contributed by atoms with Crippen LogP contribution in [0.1, 0.15) is 75.4 Å². The first kappa shape index (κ1) is 22.7. The molecule has 7 heteroatoms. The highest BCUT2D eigenvalue weighted by molar-refractivity contribution is 7.99. The molecule has 1 aliphatic carbocycles. The summed E-state index contributed by atoms with van der Waals surface area (Å²) in [4.78, 5) is 12.4. The average molecular weight is 431 g/mol. The first-order valence-electron chi connectivity index (χ1n) is 11.1. The van der Waals surface area contributed by atoms with Crippen LogP contribution in [-0.2, 0) is 11.3 Å². The van der Waals surface area contributed by atoms with Crippen molar-refractivity contribution >= 4 is 17.7 Å². The summed E-state index contributed by atoms with van der Waals surface area (Å²) in [6, 6.07) is 6.39. The summed E-state index contributed by atoms with van der Waals surface area (Å²) in [5.74, 6) is 2.09. The number of benzene rings is 1. The number of ether oxygens (including phenoxy) is 1. The number of amides is 1. The van der Waals surface area contributed by atoms with Gasteiger partial charge in [-0.3, -0.25) is 4.79 Å². The van der Waals surface area contributed by atoms with Gasteiger partial charge in [-0.1, -0.05) is 49.6 Å². The van der Waals surface area contributed by atoms with Crippen LogP contribution in [0.3, 0.4) is 0 Å². The van der Waals surface area contributed by atoms with E-state index in [1.807, 2.05) is 23.6 Å². The van der Waals surface area contributed by atoms with E-state index in [2.05, 4.69) is 42.4 Å². The number of carbonyl (C=O) groups excluding carboxylic acids is 1. The second-order valence-electron chi connectivity index (χ2n) is 8.09. The van der Waals surface area contributed by atoms with E-state index >= 15 is 0 Å². The van der Waals surface area contributed by atoms with Crippen LogP contribution in [0.15, 0.2) is 23.4 Å². The Kier molecular flexibility index (Phi) is 8.19. The van der Waals surface area contributed by atoms with Gasteiger partial charge in [-0.15, -0.1) is 10.2 Å². The maximum absolute atomic E-state index is 12.4. The van der Waals surface area contributed by atoms with Gasteiger partial charge in [0.1, 0.15) is 5.75 Å². The fraction of sp³-hybridized carbons (Fsp3) is 0.609. The molecule has 2 aromatic rings. The third-order valence-electron chi connectivity index (χ3n) is 5.84. The highest BCUT2D eigenvalue weighted by atomic mass is 32.2. The molecule has 1 heterocycles. The molecule has 1 saturated carbocycles. The molecule has 164 valence electrons. The van der Waals surface area contributed by atoms with Gasteiger partial charge >= 0.3 is 0 Å². The Labute approximate surface area is 184 Å². The summed E-state index contributed by atoms with van der Waals surface area (Å²) < 4.78 is 8.23. The van der Waals surface area contributed by atoms with Gasteiger partial charge in [-0.25, -0.2) is 0 Å². The quantitative estimate of drug-likeness (QED) is 0.472. The largest absolute Gasteiger partial charge is 0.482 e. The SMILES string of the molecule is CCn1c(SCC(=O)NC2CCCCCC2)nnc1C(C)Oc1cccc(C)c1C. The third kappa shape index (κ3) is 5.78. The molecule has 1 amide bonds. The Balaban J connectivity index is 1.60. The molecule has 1 aromatic carbocycles. The lowest BCUT2D eigenvalue weighted by atomic mass is 10.1. The minimum Gasteiger partial charge on any atom is -0.482 e. The molecular weight excluding hydrogens is 396 g/mol. The Morgan fingerprint density at radius 2 is 1.97 bits per heavy atom. The average Bonchev–Trinajstić information content (AvgIpc) is 2.98. The third-order valence-corrected chi connectivity index (χ3v) is 6.80. The van der Waals surface area contributed by atoms with Crippen molar-refractivity contribution in [2.45, 2.75) is 90.1 Å². The number of rotatable bonds is 8. The molecule has 1 N–H and O–H groups in total. The van der Waals surface area contributed by atoms with Gasteiger partial charge < -0.3 is 14.6 Å². The second-order valence-corrected chi connectivity index (χ2v) is 9.03. The van der Waals surface area contributed by atoms with Crippen LogP contribution >= 0.6 is 11.8 Å². The Morgan fingerprint density at radius 3 is 2.67 bits per heavy atom. The molecule has 0 spiro atoms. The number of hydrogen-bond donors (Lipinski definition) is 1. The number of thioether (sulfide) groups is 1. The Morgan fingerprint density at radius 1 is 1.23 bits per heavy atom. The molecule has 0 bridgehead atoms. The van der Waals surface area contributed by atoms with E-state index < -0.39 is 0 Å². The van der Waals surface area contributed by atoms with Gasteiger partial charge in [0.05, 0.1) is 5.75 Å². The number of carbonyl (C=O) groups is 1. The van der Waals surface area contributed by atoms with Gasteiger partial charge in [0.15, 0.2) is 17.1 Å². The molecule has 0 radical (unpaired) electrons. The van der Waals surface area contributed by atoms with Crippen LogP contribution in [0.2, 0.25) is 0 Å². The summed E-state index contributed by atoms with van der Waals surface area (Å²) >= 11 is 1.45. The highest BCUT2D eigenvalue weighted by Crippen LogP contribution is 2.28. The molecule has 1 aromatic heterocycles. The number of aromatic nitrogens is 3. The maximum atomic E-state index is 12.4. The molecule has 0 saturated heterocycles. The van der Waals surface area contributed by atoms with Gasteiger partial charge in [-0.05, 0) is 57.7 Å². The smallest absolute Gasteiger partial charge is 0.230 e. The van der Waals surface area contributed by atoms with Gasteiger partial charge in [0.2, 0.25) is 5.91 Å². The number of aryl methyl sites for hydroxylation is 1. The monoisotopic (exact) mass is 430 g/mol. The lowest BCUT2D eigenvalue weighted by molar-refractivity contribution is -0.119. The number of nitrogens with zero attached hydrogens (tertiary/aromatic N) is 3. The molecule has 1 fully saturated rings. The summed E-state index contributed by atoms with van der Waals surface area (Å²) in [5.41, 5.74) is 2.34. The van der Waals surface area contributed by atoms with Crippen molar-refractivity contribution in [3.8, 4) is 5.75 Å². The summed E-state index contributed by atoms with van der Waals surface area (Å²) in [5, 5.41) is 12.7. The lowest BCUT2D eigenvalue weighted by Gasteiger charge is -2.18.